The molecule has 2 rings (SSSR count). The fourth-order valence-corrected chi connectivity index (χ4v) is 2.94. The Morgan fingerprint density at radius 1 is 1.45 bits per heavy atom. The first-order chi connectivity index (χ1) is 10.3. The maximum atomic E-state index is 11.8. The first kappa shape index (κ1) is 16.9. The lowest BCUT2D eigenvalue weighted by molar-refractivity contribution is 0.190. The van der Waals surface area contributed by atoms with Gasteiger partial charge in [0.25, 0.3) is 5.19 Å². The topological polar surface area (TPSA) is 71.5 Å². The molecule has 1 aromatic heterocycles. The molecular formula is C15H17BrN2O3S. The lowest BCUT2D eigenvalue weighted by atomic mass is 10.1. The van der Waals surface area contributed by atoms with E-state index in [1.807, 2.05) is 45.0 Å². The first-order valence-corrected chi connectivity index (χ1v) is 8.26. The van der Waals surface area contributed by atoms with Crippen molar-refractivity contribution >= 4 is 33.4 Å². The van der Waals surface area contributed by atoms with Gasteiger partial charge in [0.2, 0.25) is 0 Å². The summed E-state index contributed by atoms with van der Waals surface area (Å²) in [6, 6.07) is 7.57. The second-order valence-corrected chi connectivity index (χ2v) is 7.65. The molecule has 7 heteroatoms. The van der Waals surface area contributed by atoms with Crippen LogP contribution in [-0.2, 0) is 6.61 Å². The van der Waals surface area contributed by atoms with Crippen molar-refractivity contribution in [2.75, 3.05) is 0 Å². The summed E-state index contributed by atoms with van der Waals surface area (Å²) in [5, 5.41) is 12.4. The second-order valence-electron chi connectivity index (χ2n) is 5.68. The molecule has 118 valence electrons. The number of halogens is 1. The highest BCUT2D eigenvalue weighted by Gasteiger charge is 2.19. The van der Waals surface area contributed by atoms with Crippen LogP contribution in [0.25, 0.3) is 11.3 Å². The zero-order chi connectivity index (χ0) is 16.3. The summed E-state index contributed by atoms with van der Waals surface area (Å²) in [4.78, 5) is 16.8. The summed E-state index contributed by atoms with van der Waals surface area (Å²) in [6.07, 6.45) is -0.563. The van der Waals surface area contributed by atoms with E-state index in [0.717, 1.165) is 21.4 Å². The minimum absolute atomic E-state index is 0.163. The molecule has 2 aromatic rings. The standard InChI is InChI=1S/C15H17BrN2O3S/c1-15(2,3)18-13(20)21-14-17-12(11(8-19)22-14)9-5-4-6-10(16)7-9/h4-7,19H,8H2,1-3H3,(H,18,20). The van der Waals surface area contributed by atoms with Gasteiger partial charge >= 0.3 is 6.09 Å². The fourth-order valence-electron chi connectivity index (χ4n) is 1.75. The zero-order valence-corrected chi connectivity index (χ0v) is 14.9. The molecule has 0 aliphatic heterocycles. The molecule has 0 atom stereocenters. The van der Waals surface area contributed by atoms with Crippen LogP contribution in [0.4, 0.5) is 4.79 Å². The SMILES string of the molecule is CC(C)(C)NC(=O)Oc1nc(-c2cccc(Br)c2)c(CO)s1. The van der Waals surface area contributed by atoms with Crippen LogP contribution in [0, 0.1) is 0 Å². The molecule has 1 aromatic carbocycles. The van der Waals surface area contributed by atoms with Crippen LogP contribution < -0.4 is 10.1 Å². The number of carbonyl (C=O) groups excluding carboxylic acids is 1. The van der Waals surface area contributed by atoms with Crippen molar-refractivity contribution in [3.8, 4) is 16.5 Å². The van der Waals surface area contributed by atoms with Crippen molar-refractivity contribution in [3.63, 3.8) is 0 Å². The molecule has 0 aliphatic rings. The number of hydrogen-bond acceptors (Lipinski definition) is 5. The van der Waals surface area contributed by atoms with E-state index in [9.17, 15) is 9.90 Å². The van der Waals surface area contributed by atoms with Gasteiger partial charge < -0.3 is 15.2 Å². The highest BCUT2D eigenvalue weighted by Crippen LogP contribution is 2.33. The molecule has 2 N–H and O–H groups in total. The Balaban J connectivity index is 2.24. The smallest absolute Gasteiger partial charge is 0.391 e. The molecule has 0 saturated heterocycles. The number of carbonyl (C=O) groups is 1. The summed E-state index contributed by atoms with van der Waals surface area (Å²) >= 11 is 4.56. The van der Waals surface area contributed by atoms with E-state index >= 15 is 0 Å². The number of thiazole rings is 1. The van der Waals surface area contributed by atoms with Gasteiger partial charge in [-0.15, -0.1) is 0 Å². The van der Waals surface area contributed by atoms with Crippen LogP contribution in [-0.4, -0.2) is 21.7 Å². The normalized spacial score (nSPS) is 11.3. The van der Waals surface area contributed by atoms with Gasteiger partial charge in [-0.25, -0.2) is 9.78 Å². The van der Waals surface area contributed by atoms with Crippen LogP contribution >= 0.6 is 27.3 Å². The lowest BCUT2D eigenvalue weighted by Gasteiger charge is -2.18. The number of aliphatic hydroxyl groups excluding tert-OH is 1. The molecule has 22 heavy (non-hydrogen) atoms. The molecule has 0 unspecified atom stereocenters. The molecule has 0 aliphatic carbocycles. The van der Waals surface area contributed by atoms with Gasteiger partial charge in [-0.3, -0.25) is 0 Å². The predicted molar refractivity (Wildman–Crippen MR) is 90.1 cm³/mol. The van der Waals surface area contributed by atoms with E-state index in [1.165, 1.54) is 0 Å². The minimum Gasteiger partial charge on any atom is -0.391 e. The number of ether oxygens (including phenoxy) is 1. The van der Waals surface area contributed by atoms with Gasteiger partial charge in [0.15, 0.2) is 0 Å². The monoisotopic (exact) mass is 384 g/mol. The summed E-state index contributed by atoms with van der Waals surface area (Å²) < 4.78 is 6.11. The quantitative estimate of drug-likeness (QED) is 0.839. The number of hydrogen-bond donors (Lipinski definition) is 2. The number of nitrogens with zero attached hydrogens (tertiary/aromatic N) is 1. The molecule has 1 heterocycles. The summed E-state index contributed by atoms with van der Waals surface area (Å²) in [7, 11) is 0. The Bertz CT molecular complexity index is 680. The Hall–Kier alpha value is -1.44. The maximum Gasteiger partial charge on any atom is 0.414 e. The van der Waals surface area contributed by atoms with Gasteiger partial charge in [-0.1, -0.05) is 39.4 Å². The van der Waals surface area contributed by atoms with E-state index in [4.69, 9.17) is 4.74 Å². The molecule has 0 bridgehead atoms. The maximum absolute atomic E-state index is 11.8. The Morgan fingerprint density at radius 2 is 2.18 bits per heavy atom. The van der Waals surface area contributed by atoms with Crippen molar-refractivity contribution in [2.24, 2.45) is 0 Å². The van der Waals surface area contributed by atoms with Gasteiger partial charge in [0.05, 0.1) is 17.2 Å². The Morgan fingerprint density at radius 3 is 2.77 bits per heavy atom. The van der Waals surface area contributed by atoms with Crippen molar-refractivity contribution in [1.82, 2.24) is 10.3 Å². The fraction of sp³-hybridized carbons (Fsp3) is 0.333. The number of aliphatic hydroxyl groups is 1. The van der Waals surface area contributed by atoms with E-state index < -0.39 is 6.09 Å². The number of aromatic nitrogens is 1. The number of rotatable bonds is 3. The third-order valence-corrected chi connectivity index (χ3v) is 3.99. The van der Waals surface area contributed by atoms with E-state index in [0.29, 0.717) is 10.6 Å². The second kappa shape index (κ2) is 6.76. The highest BCUT2D eigenvalue weighted by atomic mass is 79.9. The molecule has 0 saturated carbocycles. The van der Waals surface area contributed by atoms with E-state index in [-0.39, 0.29) is 17.3 Å². The largest absolute Gasteiger partial charge is 0.414 e. The van der Waals surface area contributed by atoms with Crippen LogP contribution in [0.1, 0.15) is 25.6 Å². The summed E-state index contributed by atoms with van der Waals surface area (Å²) in [5.41, 5.74) is 1.08. The van der Waals surface area contributed by atoms with Crippen LogP contribution in [0.2, 0.25) is 0 Å². The van der Waals surface area contributed by atoms with Gasteiger partial charge in [-0.2, -0.15) is 0 Å². The zero-order valence-electron chi connectivity index (χ0n) is 12.5. The van der Waals surface area contributed by atoms with Gasteiger partial charge in [0, 0.05) is 15.6 Å². The minimum atomic E-state index is -0.563. The number of nitrogens with one attached hydrogen (secondary N) is 1. The van der Waals surface area contributed by atoms with Crippen LogP contribution in [0.5, 0.6) is 5.19 Å². The summed E-state index contributed by atoms with van der Waals surface area (Å²) in [5.74, 6) is 0. The number of benzene rings is 1. The molecule has 0 spiro atoms. The van der Waals surface area contributed by atoms with Crippen molar-refractivity contribution in [1.29, 1.82) is 0 Å². The molecular weight excluding hydrogens is 368 g/mol. The van der Waals surface area contributed by atoms with Crippen molar-refractivity contribution < 1.29 is 14.6 Å². The first-order valence-electron chi connectivity index (χ1n) is 6.65. The summed E-state index contributed by atoms with van der Waals surface area (Å²) in [6.45, 7) is 5.43. The van der Waals surface area contributed by atoms with Crippen molar-refractivity contribution in [3.05, 3.63) is 33.6 Å². The third kappa shape index (κ3) is 4.53. The number of amides is 1. The molecule has 0 radical (unpaired) electrons. The Labute approximate surface area is 141 Å². The average Bonchev–Trinajstić information content (AvgIpc) is 2.79. The lowest BCUT2D eigenvalue weighted by Crippen LogP contribution is -2.42. The van der Waals surface area contributed by atoms with Crippen LogP contribution in [0.15, 0.2) is 28.7 Å². The van der Waals surface area contributed by atoms with E-state index in [1.54, 1.807) is 0 Å². The van der Waals surface area contributed by atoms with Gasteiger partial charge in [-0.05, 0) is 32.9 Å². The van der Waals surface area contributed by atoms with Crippen molar-refractivity contribution in [2.45, 2.75) is 32.9 Å². The van der Waals surface area contributed by atoms with E-state index in [2.05, 4.69) is 26.2 Å². The molecule has 0 fully saturated rings. The van der Waals surface area contributed by atoms with Gasteiger partial charge in [0.1, 0.15) is 0 Å². The van der Waals surface area contributed by atoms with Crippen LogP contribution in [0.3, 0.4) is 0 Å². The molecule has 1 amide bonds. The average molecular weight is 385 g/mol. The molecule has 5 nitrogen and oxygen atoms in total. The highest BCUT2D eigenvalue weighted by molar-refractivity contribution is 9.10. The Kier molecular flexibility index (Phi) is 5.20. The predicted octanol–water partition coefficient (Wildman–Crippen LogP) is 3.95. The third-order valence-electron chi connectivity index (χ3n) is 2.58.